The Kier molecular flexibility index (Phi) is 4.95. The molecule has 30 heavy (non-hydrogen) atoms. The van der Waals surface area contributed by atoms with Gasteiger partial charge in [-0.1, -0.05) is 18.2 Å². The predicted molar refractivity (Wildman–Crippen MR) is 116 cm³/mol. The van der Waals surface area contributed by atoms with Gasteiger partial charge in [-0.3, -0.25) is 4.72 Å². The number of nitrogens with one attached hydrogen (secondary N) is 1. The Balaban J connectivity index is 1.64. The first kappa shape index (κ1) is 19.9. The molecule has 0 saturated carbocycles. The van der Waals surface area contributed by atoms with Crippen molar-refractivity contribution < 1.29 is 17.9 Å². The molecule has 1 aromatic heterocycles. The van der Waals surface area contributed by atoms with Crippen LogP contribution in [0.3, 0.4) is 0 Å². The summed E-state index contributed by atoms with van der Waals surface area (Å²) in [7, 11) is -3.39. The molecule has 0 aliphatic carbocycles. The van der Waals surface area contributed by atoms with Gasteiger partial charge in [-0.25, -0.2) is 17.5 Å². The van der Waals surface area contributed by atoms with Crippen LogP contribution in [-0.2, 0) is 10.0 Å². The second-order valence-electron chi connectivity index (χ2n) is 7.24. The van der Waals surface area contributed by atoms with Crippen molar-refractivity contribution in [3.63, 3.8) is 0 Å². The standard InChI is InChI=1S/C22H20FN3O3S/c1-14(2)30(28,29)25-18-6-3-15(4-7-18)16-5-10-21-17(11-16)13-24-26(21)19-8-9-20(23)22(27)12-19/h3-14,25,27H,1-2H3. The van der Waals surface area contributed by atoms with Gasteiger partial charge in [0.25, 0.3) is 0 Å². The molecule has 6 nitrogen and oxygen atoms in total. The molecule has 0 atom stereocenters. The number of aromatic nitrogens is 2. The van der Waals surface area contributed by atoms with Gasteiger partial charge in [0.15, 0.2) is 11.6 Å². The van der Waals surface area contributed by atoms with Crippen LogP contribution in [0, 0.1) is 5.82 Å². The number of phenolic OH excluding ortho intramolecular Hbond substituents is 1. The van der Waals surface area contributed by atoms with Crippen LogP contribution in [-0.4, -0.2) is 28.6 Å². The van der Waals surface area contributed by atoms with Crippen molar-refractivity contribution >= 4 is 26.6 Å². The molecule has 0 spiro atoms. The van der Waals surface area contributed by atoms with E-state index in [9.17, 15) is 17.9 Å². The molecule has 0 bridgehead atoms. The van der Waals surface area contributed by atoms with Crippen molar-refractivity contribution in [2.45, 2.75) is 19.1 Å². The van der Waals surface area contributed by atoms with Crippen LogP contribution >= 0.6 is 0 Å². The predicted octanol–water partition coefficient (Wildman–Crippen LogP) is 4.69. The van der Waals surface area contributed by atoms with E-state index in [1.807, 2.05) is 30.3 Å². The van der Waals surface area contributed by atoms with Gasteiger partial charge in [0.05, 0.1) is 22.7 Å². The number of fused-ring (bicyclic) bond motifs is 1. The molecule has 3 aromatic carbocycles. The Bertz CT molecular complexity index is 1330. The van der Waals surface area contributed by atoms with E-state index in [1.165, 1.54) is 12.1 Å². The van der Waals surface area contributed by atoms with Crippen LogP contribution in [0.1, 0.15) is 13.8 Å². The first-order valence-electron chi connectivity index (χ1n) is 9.33. The van der Waals surface area contributed by atoms with E-state index >= 15 is 0 Å². The van der Waals surface area contributed by atoms with Crippen molar-refractivity contribution in [3.05, 3.63) is 72.7 Å². The molecule has 0 amide bonds. The monoisotopic (exact) mass is 425 g/mol. The molecule has 0 aliphatic rings. The van der Waals surface area contributed by atoms with Crippen LogP contribution in [0.15, 0.2) is 66.9 Å². The summed E-state index contributed by atoms with van der Waals surface area (Å²) in [5.41, 5.74) is 3.75. The topological polar surface area (TPSA) is 84.2 Å². The summed E-state index contributed by atoms with van der Waals surface area (Å²) < 4.78 is 41.5. The Morgan fingerprint density at radius 3 is 2.37 bits per heavy atom. The minimum absolute atomic E-state index is 0.430. The van der Waals surface area contributed by atoms with Gasteiger partial charge in [0.1, 0.15) is 0 Å². The largest absolute Gasteiger partial charge is 0.505 e. The van der Waals surface area contributed by atoms with Gasteiger partial charge < -0.3 is 5.11 Å². The highest BCUT2D eigenvalue weighted by Gasteiger charge is 2.15. The lowest BCUT2D eigenvalue weighted by atomic mass is 10.0. The Hall–Kier alpha value is -3.39. The molecule has 0 radical (unpaired) electrons. The number of anilines is 1. The second kappa shape index (κ2) is 7.46. The first-order valence-corrected chi connectivity index (χ1v) is 10.9. The lowest BCUT2D eigenvalue weighted by molar-refractivity contribution is 0.432. The van der Waals surface area contributed by atoms with Crippen LogP contribution in [0.5, 0.6) is 5.75 Å². The lowest BCUT2D eigenvalue weighted by Crippen LogP contribution is -2.22. The van der Waals surface area contributed by atoms with Gasteiger partial charge >= 0.3 is 0 Å². The number of hydrogen-bond acceptors (Lipinski definition) is 4. The summed E-state index contributed by atoms with van der Waals surface area (Å²) in [4.78, 5) is 0. The highest BCUT2D eigenvalue weighted by Crippen LogP contribution is 2.28. The fourth-order valence-electron chi connectivity index (χ4n) is 3.06. The fourth-order valence-corrected chi connectivity index (χ4v) is 3.76. The maximum atomic E-state index is 13.3. The van der Waals surface area contributed by atoms with Gasteiger partial charge in [-0.05, 0) is 61.4 Å². The molecule has 0 aliphatic heterocycles. The average Bonchev–Trinajstić information content (AvgIpc) is 3.13. The number of sulfonamides is 1. The third-order valence-electron chi connectivity index (χ3n) is 4.84. The van der Waals surface area contributed by atoms with Crippen molar-refractivity contribution in [1.29, 1.82) is 0 Å². The van der Waals surface area contributed by atoms with Crippen molar-refractivity contribution in [2.75, 3.05) is 4.72 Å². The molecule has 154 valence electrons. The highest BCUT2D eigenvalue weighted by atomic mass is 32.2. The molecule has 4 rings (SSSR count). The number of benzene rings is 3. The molecule has 0 fully saturated rings. The van der Waals surface area contributed by atoms with Gasteiger partial charge in [0.2, 0.25) is 10.0 Å². The minimum Gasteiger partial charge on any atom is -0.505 e. The summed E-state index contributed by atoms with van der Waals surface area (Å²) >= 11 is 0. The third kappa shape index (κ3) is 3.73. The Morgan fingerprint density at radius 1 is 1.00 bits per heavy atom. The minimum atomic E-state index is -3.39. The summed E-state index contributed by atoms with van der Waals surface area (Å²) in [6.45, 7) is 3.25. The van der Waals surface area contributed by atoms with Crippen LogP contribution in [0.4, 0.5) is 10.1 Å². The Morgan fingerprint density at radius 2 is 1.70 bits per heavy atom. The van der Waals surface area contributed by atoms with Crippen molar-refractivity contribution in [1.82, 2.24) is 9.78 Å². The molecule has 0 unspecified atom stereocenters. The number of halogens is 1. The smallest absolute Gasteiger partial charge is 0.235 e. The van der Waals surface area contributed by atoms with E-state index in [0.717, 1.165) is 22.0 Å². The quantitative estimate of drug-likeness (QED) is 0.486. The van der Waals surface area contributed by atoms with Gasteiger partial charge in [-0.2, -0.15) is 5.10 Å². The third-order valence-corrected chi connectivity index (χ3v) is 6.60. The molecule has 8 heteroatoms. The van der Waals surface area contributed by atoms with Gasteiger partial charge in [-0.15, -0.1) is 0 Å². The van der Waals surface area contributed by atoms with E-state index in [1.54, 1.807) is 42.9 Å². The van der Waals surface area contributed by atoms with E-state index in [0.29, 0.717) is 11.4 Å². The molecule has 4 aromatic rings. The van der Waals surface area contributed by atoms with Crippen LogP contribution < -0.4 is 4.72 Å². The van der Waals surface area contributed by atoms with Gasteiger partial charge in [0, 0.05) is 17.1 Å². The Labute approximate surface area is 173 Å². The van der Waals surface area contributed by atoms with E-state index in [4.69, 9.17) is 0 Å². The van der Waals surface area contributed by atoms with Crippen LogP contribution in [0.2, 0.25) is 0 Å². The maximum Gasteiger partial charge on any atom is 0.235 e. The average molecular weight is 425 g/mol. The molecule has 0 saturated heterocycles. The van der Waals surface area contributed by atoms with Crippen LogP contribution in [0.25, 0.3) is 27.7 Å². The molecular formula is C22H20FN3O3S. The first-order chi connectivity index (χ1) is 14.2. The number of hydrogen-bond donors (Lipinski definition) is 2. The lowest BCUT2D eigenvalue weighted by Gasteiger charge is -2.11. The summed E-state index contributed by atoms with van der Waals surface area (Å²) in [5.74, 6) is -1.11. The molecular weight excluding hydrogens is 405 g/mol. The number of phenols is 1. The van der Waals surface area contributed by atoms with E-state index < -0.39 is 26.8 Å². The SMILES string of the molecule is CC(C)S(=O)(=O)Nc1ccc(-c2ccc3c(cnn3-c3ccc(F)c(O)c3)c2)cc1. The summed E-state index contributed by atoms with van der Waals surface area (Å²) in [5, 5.41) is 14.3. The normalized spacial score (nSPS) is 11.9. The zero-order valence-corrected chi connectivity index (χ0v) is 17.2. The van der Waals surface area contributed by atoms with E-state index in [2.05, 4.69) is 9.82 Å². The van der Waals surface area contributed by atoms with Crippen molar-refractivity contribution in [2.24, 2.45) is 0 Å². The van der Waals surface area contributed by atoms with E-state index in [-0.39, 0.29) is 0 Å². The zero-order chi connectivity index (χ0) is 21.5. The zero-order valence-electron chi connectivity index (χ0n) is 16.4. The molecule has 1 heterocycles. The summed E-state index contributed by atoms with van der Waals surface area (Å²) in [6, 6.07) is 17.0. The fraction of sp³-hybridized carbons (Fsp3) is 0.136. The maximum absolute atomic E-state index is 13.3. The second-order valence-corrected chi connectivity index (χ2v) is 9.48. The number of aromatic hydroxyl groups is 1. The number of nitrogens with zero attached hydrogens (tertiary/aromatic N) is 2. The molecule has 2 N–H and O–H groups in total. The summed E-state index contributed by atoms with van der Waals surface area (Å²) in [6.07, 6.45) is 1.70. The highest BCUT2D eigenvalue weighted by molar-refractivity contribution is 7.93. The van der Waals surface area contributed by atoms with Crippen molar-refractivity contribution in [3.8, 4) is 22.6 Å². The number of rotatable bonds is 5.